The van der Waals surface area contributed by atoms with Gasteiger partial charge >= 0.3 is 6.18 Å². The first kappa shape index (κ1) is 18.5. The Bertz CT molecular complexity index is 960. The molecular formula is C19H16F3N3O2. The van der Waals surface area contributed by atoms with Gasteiger partial charge in [0.05, 0.1) is 12.3 Å². The van der Waals surface area contributed by atoms with Crippen LogP contribution in [0.5, 0.6) is 11.5 Å². The molecule has 3 N–H and O–H groups in total. The van der Waals surface area contributed by atoms with E-state index in [2.05, 4.69) is 9.97 Å². The van der Waals surface area contributed by atoms with Gasteiger partial charge in [-0.05, 0) is 24.6 Å². The van der Waals surface area contributed by atoms with E-state index in [0.29, 0.717) is 12.4 Å². The zero-order valence-electron chi connectivity index (χ0n) is 14.3. The Morgan fingerprint density at radius 2 is 1.78 bits per heavy atom. The largest absolute Gasteiger partial charge is 0.507 e. The number of phenols is 1. The van der Waals surface area contributed by atoms with Crippen LogP contribution < -0.4 is 10.5 Å². The fourth-order valence-corrected chi connectivity index (χ4v) is 2.72. The van der Waals surface area contributed by atoms with Crippen LogP contribution in [0.25, 0.3) is 22.4 Å². The molecule has 0 unspecified atom stereocenters. The van der Waals surface area contributed by atoms with E-state index in [1.54, 1.807) is 31.2 Å². The summed E-state index contributed by atoms with van der Waals surface area (Å²) in [6.07, 6.45) is -4.75. The van der Waals surface area contributed by atoms with Crippen LogP contribution >= 0.6 is 0 Å². The number of hydrogen-bond acceptors (Lipinski definition) is 5. The first-order valence-corrected chi connectivity index (χ1v) is 8.07. The molecule has 0 aliphatic rings. The number of ether oxygens (including phenoxy) is 1. The van der Waals surface area contributed by atoms with Gasteiger partial charge in [-0.15, -0.1) is 0 Å². The molecule has 0 saturated carbocycles. The maximum absolute atomic E-state index is 13.6. The smallest absolute Gasteiger partial charge is 0.434 e. The second kappa shape index (κ2) is 7.14. The lowest BCUT2D eigenvalue weighted by Gasteiger charge is -2.17. The number of phenolic OH excluding ortho intramolecular Hbond substituents is 1. The summed E-state index contributed by atoms with van der Waals surface area (Å²) in [5, 5.41) is 10.4. The molecule has 0 fully saturated rings. The van der Waals surface area contributed by atoms with Gasteiger partial charge in [0.15, 0.2) is 5.69 Å². The highest BCUT2D eigenvalue weighted by Crippen LogP contribution is 2.43. The number of halogens is 3. The quantitative estimate of drug-likeness (QED) is 0.701. The van der Waals surface area contributed by atoms with Crippen LogP contribution in [-0.2, 0) is 6.18 Å². The molecule has 0 radical (unpaired) electrons. The van der Waals surface area contributed by atoms with Crippen LogP contribution in [0.3, 0.4) is 0 Å². The minimum Gasteiger partial charge on any atom is -0.507 e. The van der Waals surface area contributed by atoms with Crippen molar-refractivity contribution in [2.75, 3.05) is 12.3 Å². The van der Waals surface area contributed by atoms with Crippen molar-refractivity contribution in [3.05, 3.63) is 54.2 Å². The molecule has 27 heavy (non-hydrogen) atoms. The normalized spacial score (nSPS) is 11.4. The Hall–Kier alpha value is -3.29. The molecule has 3 aromatic rings. The maximum Gasteiger partial charge on any atom is 0.434 e. The maximum atomic E-state index is 13.6. The van der Waals surface area contributed by atoms with Crippen molar-refractivity contribution in [3.8, 4) is 33.9 Å². The summed E-state index contributed by atoms with van der Waals surface area (Å²) in [6.45, 7) is 2.16. The summed E-state index contributed by atoms with van der Waals surface area (Å²) < 4.78 is 46.2. The second-order valence-electron chi connectivity index (χ2n) is 5.63. The van der Waals surface area contributed by atoms with Gasteiger partial charge in [0.2, 0.25) is 5.95 Å². The van der Waals surface area contributed by atoms with E-state index in [1.165, 1.54) is 24.3 Å². The molecular weight excluding hydrogens is 359 g/mol. The van der Waals surface area contributed by atoms with Crippen molar-refractivity contribution in [2.24, 2.45) is 0 Å². The van der Waals surface area contributed by atoms with E-state index >= 15 is 0 Å². The average molecular weight is 375 g/mol. The van der Waals surface area contributed by atoms with Gasteiger partial charge in [0.25, 0.3) is 0 Å². The van der Waals surface area contributed by atoms with Crippen LogP contribution in [0, 0.1) is 0 Å². The number of benzene rings is 2. The van der Waals surface area contributed by atoms with Crippen molar-refractivity contribution in [1.82, 2.24) is 9.97 Å². The van der Waals surface area contributed by atoms with Gasteiger partial charge in [0.1, 0.15) is 11.5 Å². The van der Waals surface area contributed by atoms with Crippen LogP contribution in [0.1, 0.15) is 12.6 Å². The predicted molar refractivity (Wildman–Crippen MR) is 95.2 cm³/mol. The van der Waals surface area contributed by atoms with Gasteiger partial charge in [-0.25, -0.2) is 9.97 Å². The first-order chi connectivity index (χ1) is 12.8. The molecule has 0 bridgehead atoms. The zero-order valence-corrected chi connectivity index (χ0v) is 14.3. The summed E-state index contributed by atoms with van der Waals surface area (Å²) in [4.78, 5) is 7.42. The highest BCUT2D eigenvalue weighted by Gasteiger charge is 2.38. The third kappa shape index (κ3) is 3.79. The number of aromatic nitrogens is 2. The lowest BCUT2D eigenvalue weighted by Crippen LogP contribution is -2.14. The van der Waals surface area contributed by atoms with Crippen LogP contribution in [0.4, 0.5) is 19.1 Å². The SMILES string of the molecule is CCOc1ccc(-c2nc(N)nc(C(F)(F)F)c2-c2ccccc2)c(O)c1. The Kier molecular flexibility index (Phi) is 4.89. The van der Waals surface area contributed by atoms with Gasteiger partial charge in [-0.1, -0.05) is 30.3 Å². The molecule has 0 aliphatic carbocycles. The second-order valence-corrected chi connectivity index (χ2v) is 5.63. The third-order valence-electron chi connectivity index (χ3n) is 3.79. The van der Waals surface area contributed by atoms with Crippen molar-refractivity contribution in [1.29, 1.82) is 0 Å². The number of hydrogen-bond donors (Lipinski definition) is 2. The number of anilines is 1. The summed E-state index contributed by atoms with van der Waals surface area (Å²) in [7, 11) is 0. The summed E-state index contributed by atoms with van der Waals surface area (Å²) in [6, 6.07) is 12.2. The van der Waals surface area contributed by atoms with Gasteiger partial charge in [-0.2, -0.15) is 13.2 Å². The van der Waals surface area contributed by atoms with Crippen molar-refractivity contribution < 1.29 is 23.0 Å². The highest BCUT2D eigenvalue weighted by atomic mass is 19.4. The fourth-order valence-electron chi connectivity index (χ4n) is 2.72. The van der Waals surface area contributed by atoms with E-state index in [9.17, 15) is 18.3 Å². The molecule has 0 amide bonds. The van der Waals surface area contributed by atoms with E-state index in [1.807, 2.05) is 0 Å². The van der Waals surface area contributed by atoms with E-state index in [-0.39, 0.29) is 28.1 Å². The average Bonchev–Trinajstić information content (AvgIpc) is 2.61. The van der Waals surface area contributed by atoms with Crippen LogP contribution in [-0.4, -0.2) is 21.7 Å². The van der Waals surface area contributed by atoms with Gasteiger partial charge < -0.3 is 15.6 Å². The molecule has 0 atom stereocenters. The Morgan fingerprint density at radius 1 is 1.07 bits per heavy atom. The lowest BCUT2D eigenvalue weighted by atomic mass is 9.96. The van der Waals surface area contributed by atoms with Gasteiger partial charge in [0, 0.05) is 17.2 Å². The monoisotopic (exact) mass is 375 g/mol. The number of rotatable bonds is 4. The minimum atomic E-state index is -4.75. The number of alkyl halides is 3. The third-order valence-corrected chi connectivity index (χ3v) is 3.79. The summed E-state index contributed by atoms with van der Waals surface area (Å²) in [5.41, 5.74) is 4.37. The molecule has 0 saturated heterocycles. The van der Waals surface area contributed by atoms with E-state index < -0.39 is 17.8 Å². The highest BCUT2D eigenvalue weighted by molar-refractivity contribution is 5.86. The fraction of sp³-hybridized carbons (Fsp3) is 0.158. The van der Waals surface area contributed by atoms with Gasteiger partial charge in [-0.3, -0.25) is 0 Å². The molecule has 2 aromatic carbocycles. The van der Waals surface area contributed by atoms with Crippen LogP contribution in [0.2, 0.25) is 0 Å². The summed E-state index contributed by atoms with van der Waals surface area (Å²) in [5.74, 6) is -0.423. The van der Waals surface area contributed by atoms with E-state index in [4.69, 9.17) is 10.5 Å². The Morgan fingerprint density at radius 3 is 2.37 bits per heavy atom. The molecule has 8 heteroatoms. The van der Waals surface area contributed by atoms with Crippen molar-refractivity contribution in [3.63, 3.8) is 0 Å². The Balaban J connectivity index is 2.31. The number of nitrogen functional groups attached to an aromatic ring is 1. The molecule has 0 spiro atoms. The molecule has 140 valence electrons. The summed E-state index contributed by atoms with van der Waals surface area (Å²) >= 11 is 0. The number of nitrogens with two attached hydrogens (primary N) is 1. The molecule has 0 aliphatic heterocycles. The van der Waals surface area contributed by atoms with Crippen molar-refractivity contribution in [2.45, 2.75) is 13.1 Å². The standard InChI is InChI=1S/C19H16F3N3O2/c1-2-27-12-8-9-13(14(26)10-12)16-15(11-6-4-3-5-7-11)17(19(20,21)22)25-18(23)24-16/h3-10,26H,2H2,1H3,(H2,23,24,25). The topological polar surface area (TPSA) is 81.3 Å². The Labute approximate surface area is 153 Å². The molecule has 1 aromatic heterocycles. The zero-order chi connectivity index (χ0) is 19.6. The van der Waals surface area contributed by atoms with E-state index in [0.717, 1.165) is 0 Å². The van der Waals surface area contributed by atoms with Crippen LogP contribution in [0.15, 0.2) is 48.5 Å². The lowest BCUT2D eigenvalue weighted by molar-refractivity contribution is -0.140. The molecule has 3 rings (SSSR count). The molecule has 1 heterocycles. The van der Waals surface area contributed by atoms with Crippen molar-refractivity contribution >= 4 is 5.95 Å². The predicted octanol–water partition coefficient (Wildman–Crippen LogP) is 4.52. The molecule has 5 nitrogen and oxygen atoms in total. The first-order valence-electron chi connectivity index (χ1n) is 8.07. The number of nitrogens with zero attached hydrogens (tertiary/aromatic N) is 2. The minimum absolute atomic E-state index is 0.0944. The number of aromatic hydroxyl groups is 1.